The number of fused-ring (bicyclic) bond motifs is 2. The Kier molecular flexibility index (Phi) is 9.60. The van der Waals surface area contributed by atoms with Crippen LogP contribution in [0, 0.1) is 17.8 Å². The summed E-state index contributed by atoms with van der Waals surface area (Å²) in [5.41, 5.74) is 1.07. The molecular weight excluding hydrogens is 577 g/mol. The van der Waals surface area contributed by atoms with Gasteiger partial charge in [0.25, 0.3) is 10.1 Å². The van der Waals surface area contributed by atoms with Crippen molar-refractivity contribution in [3.8, 4) is 0 Å². The molecule has 0 radical (unpaired) electrons. The Hall–Kier alpha value is -2.61. The number of hydrogen-bond donors (Lipinski definition) is 2. The van der Waals surface area contributed by atoms with Crippen molar-refractivity contribution in [1.29, 1.82) is 0 Å². The van der Waals surface area contributed by atoms with Crippen LogP contribution in [0.25, 0.3) is 0 Å². The maximum Gasteiger partial charge on any atom is 0.306 e. The fourth-order valence-electron chi connectivity index (χ4n) is 8.03. The van der Waals surface area contributed by atoms with E-state index in [4.69, 9.17) is 4.74 Å². The summed E-state index contributed by atoms with van der Waals surface area (Å²) in [6, 6.07) is 29.5. The van der Waals surface area contributed by atoms with Crippen molar-refractivity contribution in [1.82, 2.24) is 0 Å². The van der Waals surface area contributed by atoms with Gasteiger partial charge in [0.15, 0.2) is 0 Å². The van der Waals surface area contributed by atoms with E-state index in [1.165, 1.54) is 53.2 Å². The van der Waals surface area contributed by atoms with Crippen molar-refractivity contribution < 1.29 is 22.5 Å². The lowest BCUT2D eigenvalue weighted by atomic mass is 9.67. The van der Waals surface area contributed by atoms with Crippen molar-refractivity contribution in [2.24, 2.45) is 17.8 Å². The van der Waals surface area contributed by atoms with Crippen LogP contribution in [-0.4, -0.2) is 30.3 Å². The summed E-state index contributed by atoms with van der Waals surface area (Å²) in [7, 11) is -5.18. The number of esters is 1. The summed E-state index contributed by atoms with van der Waals surface area (Å²) in [6.07, 6.45) is 9.44. The Morgan fingerprint density at radius 1 is 0.767 bits per heavy atom. The highest BCUT2D eigenvalue weighted by Gasteiger charge is 2.41. The summed E-state index contributed by atoms with van der Waals surface area (Å²) < 4.78 is 41.2. The normalized spacial score (nSPS) is 27.7. The van der Waals surface area contributed by atoms with Gasteiger partial charge >= 0.3 is 5.97 Å². The summed E-state index contributed by atoms with van der Waals surface area (Å²) >= 11 is 0. The minimum Gasteiger partial charge on any atom is -0.461 e. The number of ether oxygens (including phenoxy) is 1. The van der Waals surface area contributed by atoms with Gasteiger partial charge in [-0.15, -0.1) is 0 Å². The molecule has 7 heteroatoms. The predicted octanol–water partition coefficient (Wildman–Crippen LogP) is 8.60. The lowest BCUT2D eigenvalue weighted by Crippen LogP contribution is -2.42. The predicted molar refractivity (Wildman–Crippen MR) is 172 cm³/mol. The van der Waals surface area contributed by atoms with Crippen LogP contribution < -0.4 is 0 Å². The molecular formula is C36H44O5S2. The Bertz CT molecular complexity index is 1420. The van der Waals surface area contributed by atoms with E-state index in [0.29, 0.717) is 25.2 Å². The molecule has 3 aromatic carbocycles. The van der Waals surface area contributed by atoms with Crippen LogP contribution in [0.5, 0.6) is 0 Å². The Labute approximate surface area is 259 Å². The standard InChI is InChI=1S/C36H44O5S2/c37-36(20-17-28-22-26-9-7-10-27(21-26)23-28)41-34-19-18-30(25-35(34)43(38,39)40)29-11-8-16-33(24-29)42(31-12-3-1-4-13-31)32-14-5-2-6-15-32/h1-6,8,11-16,24,26-28,30,34-35,42H,7,9-10,17-23,25H2,(H,38,39,40). The van der Waals surface area contributed by atoms with Gasteiger partial charge in [-0.3, -0.25) is 9.35 Å². The number of hydrogen-bond acceptors (Lipinski definition) is 4. The van der Waals surface area contributed by atoms with Crippen molar-refractivity contribution in [2.45, 2.75) is 103 Å². The van der Waals surface area contributed by atoms with E-state index >= 15 is 0 Å². The zero-order valence-corrected chi connectivity index (χ0v) is 26.5. The van der Waals surface area contributed by atoms with Crippen molar-refractivity contribution in [3.05, 3.63) is 90.5 Å². The number of carbonyl (C=O) groups is 1. The molecule has 1 N–H and O–H groups in total. The largest absolute Gasteiger partial charge is 0.461 e. The second-order valence-corrected chi connectivity index (χ2v) is 16.8. The minimum atomic E-state index is -4.39. The minimum absolute atomic E-state index is 0.0492. The lowest BCUT2D eigenvalue weighted by Gasteiger charge is -2.39. The monoisotopic (exact) mass is 620 g/mol. The lowest BCUT2D eigenvalue weighted by molar-refractivity contribution is -0.151. The Balaban J connectivity index is 1.14. The fourth-order valence-corrected chi connectivity index (χ4v) is 11.4. The van der Waals surface area contributed by atoms with Gasteiger partial charge in [0, 0.05) is 6.42 Å². The van der Waals surface area contributed by atoms with E-state index in [1.54, 1.807) is 0 Å². The van der Waals surface area contributed by atoms with E-state index < -0.39 is 32.4 Å². The highest BCUT2D eigenvalue weighted by atomic mass is 32.2. The smallest absolute Gasteiger partial charge is 0.306 e. The van der Waals surface area contributed by atoms with Gasteiger partial charge in [0.2, 0.25) is 0 Å². The average molecular weight is 621 g/mol. The van der Waals surface area contributed by atoms with Gasteiger partial charge in [0.1, 0.15) is 11.4 Å². The van der Waals surface area contributed by atoms with E-state index in [0.717, 1.165) is 23.8 Å². The molecule has 3 fully saturated rings. The summed E-state index contributed by atoms with van der Waals surface area (Å²) in [6.45, 7) is 0. The first-order chi connectivity index (χ1) is 20.8. The second-order valence-electron chi connectivity index (χ2n) is 13.0. The SMILES string of the molecule is O=C(CCC1CC2CCCC(C2)C1)OC1CCC(c2cccc([SH](c3ccccc3)c3ccccc3)c2)CC1S(=O)(=O)O. The molecule has 230 valence electrons. The molecule has 0 heterocycles. The van der Waals surface area contributed by atoms with Gasteiger partial charge in [-0.25, -0.2) is 0 Å². The molecule has 2 bridgehead atoms. The maximum absolute atomic E-state index is 12.9. The van der Waals surface area contributed by atoms with Gasteiger partial charge in [0.05, 0.1) is 0 Å². The third-order valence-corrected chi connectivity index (χ3v) is 13.7. The highest BCUT2D eigenvalue weighted by Crippen LogP contribution is 2.52. The molecule has 6 rings (SSSR count). The van der Waals surface area contributed by atoms with Crippen LogP contribution >= 0.6 is 10.9 Å². The average Bonchev–Trinajstić information content (AvgIpc) is 3.01. The van der Waals surface area contributed by atoms with E-state index in [-0.39, 0.29) is 18.3 Å². The number of rotatable bonds is 9. The highest BCUT2D eigenvalue weighted by molar-refractivity contribution is 8.17. The van der Waals surface area contributed by atoms with Crippen molar-refractivity contribution >= 4 is 27.0 Å². The molecule has 3 aliphatic carbocycles. The van der Waals surface area contributed by atoms with E-state index in [1.807, 2.05) is 12.1 Å². The van der Waals surface area contributed by atoms with Crippen LogP contribution in [-0.2, 0) is 19.6 Å². The summed E-state index contributed by atoms with van der Waals surface area (Å²) in [5, 5.41) is -1.11. The molecule has 0 spiro atoms. The summed E-state index contributed by atoms with van der Waals surface area (Å²) in [4.78, 5) is 16.6. The van der Waals surface area contributed by atoms with E-state index in [2.05, 4.69) is 72.8 Å². The molecule has 43 heavy (non-hydrogen) atoms. The van der Waals surface area contributed by atoms with Crippen LogP contribution in [0.1, 0.15) is 82.1 Å². The first-order valence-electron chi connectivity index (χ1n) is 16.0. The molecule has 0 amide bonds. The van der Waals surface area contributed by atoms with Crippen LogP contribution in [0.3, 0.4) is 0 Å². The van der Waals surface area contributed by atoms with Crippen molar-refractivity contribution in [3.63, 3.8) is 0 Å². The molecule has 5 unspecified atom stereocenters. The Morgan fingerprint density at radius 3 is 2.02 bits per heavy atom. The number of thiol groups is 1. The first kappa shape index (κ1) is 30.4. The second kappa shape index (κ2) is 13.6. The van der Waals surface area contributed by atoms with Crippen LogP contribution in [0.15, 0.2) is 99.6 Å². The third kappa shape index (κ3) is 7.55. The van der Waals surface area contributed by atoms with Crippen LogP contribution in [0.2, 0.25) is 0 Å². The maximum atomic E-state index is 12.9. The molecule has 0 aromatic heterocycles. The summed E-state index contributed by atoms with van der Waals surface area (Å²) in [5.74, 6) is 1.80. The van der Waals surface area contributed by atoms with E-state index in [9.17, 15) is 17.8 Å². The zero-order chi connectivity index (χ0) is 29.8. The fraction of sp³-hybridized carbons (Fsp3) is 0.472. The molecule has 3 saturated carbocycles. The molecule has 5 nitrogen and oxygen atoms in total. The molecule has 0 aliphatic heterocycles. The Morgan fingerprint density at radius 2 is 1.40 bits per heavy atom. The molecule has 0 saturated heterocycles. The number of benzene rings is 3. The van der Waals surface area contributed by atoms with Crippen molar-refractivity contribution in [2.75, 3.05) is 0 Å². The molecule has 3 aliphatic rings. The quantitative estimate of drug-likeness (QED) is 0.142. The third-order valence-electron chi connectivity index (χ3n) is 10.0. The zero-order valence-electron chi connectivity index (χ0n) is 24.8. The molecule has 3 aromatic rings. The first-order valence-corrected chi connectivity index (χ1v) is 18.8. The number of carbonyl (C=O) groups excluding carboxylic acids is 1. The van der Waals surface area contributed by atoms with Gasteiger partial charge < -0.3 is 4.74 Å². The molecule has 5 atom stereocenters. The topological polar surface area (TPSA) is 80.7 Å². The van der Waals surface area contributed by atoms with Gasteiger partial charge in [-0.2, -0.15) is 19.3 Å². The van der Waals surface area contributed by atoms with Crippen LogP contribution in [0.4, 0.5) is 0 Å². The van der Waals surface area contributed by atoms with Gasteiger partial charge in [-0.1, -0.05) is 67.8 Å². The van der Waals surface area contributed by atoms with Gasteiger partial charge in [-0.05, 0) is 125 Å².